The zero-order valence-electron chi connectivity index (χ0n) is 13.1. The summed E-state index contributed by atoms with van der Waals surface area (Å²) in [4.78, 5) is 23.4. The molecule has 0 bridgehead atoms. The minimum Gasteiger partial charge on any atom is -0.393 e. The van der Waals surface area contributed by atoms with Gasteiger partial charge in [-0.3, -0.25) is 9.59 Å². The molecule has 1 aromatic rings. The molecule has 0 saturated heterocycles. The van der Waals surface area contributed by atoms with E-state index in [0.717, 1.165) is 5.56 Å². The second-order valence-electron chi connectivity index (χ2n) is 6.20. The Morgan fingerprint density at radius 2 is 1.81 bits per heavy atom. The third kappa shape index (κ3) is 5.55. The first-order valence-corrected chi connectivity index (χ1v) is 7.04. The van der Waals surface area contributed by atoms with Gasteiger partial charge in [-0.05, 0) is 30.4 Å². The molecule has 116 valence electrons. The molecule has 0 fully saturated rings. The van der Waals surface area contributed by atoms with Gasteiger partial charge in [-0.15, -0.1) is 0 Å². The van der Waals surface area contributed by atoms with Crippen LogP contribution in [-0.2, 0) is 9.59 Å². The van der Waals surface area contributed by atoms with E-state index in [2.05, 4.69) is 10.6 Å². The van der Waals surface area contributed by atoms with Crippen molar-refractivity contribution >= 4 is 17.5 Å². The minimum absolute atomic E-state index is 0.242. The highest BCUT2D eigenvalue weighted by atomic mass is 16.3. The molecule has 5 heteroatoms. The molecule has 0 aliphatic heterocycles. The standard InChI is InChI=1S/C16H24N2O3/c1-11-7-5-6-8-12(11)18-15(21)14(20)17-10-9-13(19)16(2,3)4/h5-8,13,19H,9-10H2,1-4H3,(H,17,20)(H,18,21). The molecule has 0 radical (unpaired) electrons. The number of para-hydroxylation sites is 1. The minimum atomic E-state index is -0.699. The van der Waals surface area contributed by atoms with Crippen LogP contribution in [0.4, 0.5) is 5.69 Å². The monoisotopic (exact) mass is 292 g/mol. The molecule has 0 heterocycles. The molecule has 21 heavy (non-hydrogen) atoms. The zero-order valence-corrected chi connectivity index (χ0v) is 13.1. The normalized spacial score (nSPS) is 12.6. The number of aliphatic hydroxyl groups excluding tert-OH is 1. The molecule has 0 aliphatic carbocycles. The van der Waals surface area contributed by atoms with Crippen molar-refractivity contribution in [1.29, 1.82) is 0 Å². The van der Waals surface area contributed by atoms with Gasteiger partial charge in [0.2, 0.25) is 0 Å². The number of hydrogen-bond acceptors (Lipinski definition) is 3. The molecule has 1 aromatic carbocycles. The van der Waals surface area contributed by atoms with Gasteiger partial charge >= 0.3 is 11.8 Å². The van der Waals surface area contributed by atoms with Crippen LogP contribution >= 0.6 is 0 Å². The molecule has 2 amide bonds. The Hall–Kier alpha value is -1.88. The summed E-state index contributed by atoms with van der Waals surface area (Å²) in [7, 11) is 0. The summed E-state index contributed by atoms with van der Waals surface area (Å²) in [5.41, 5.74) is 1.27. The highest BCUT2D eigenvalue weighted by molar-refractivity contribution is 6.39. The maximum Gasteiger partial charge on any atom is 0.313 e. The molecule has 0 aliphatic rings. The van der Waals surface area contributed by atoms with Crippen LogP contribution in [0.25, 0.3) is 0 Å². The lowest BCUT2D eigenvalue weighted by Gasteiger charge is -2.25. The number of carbonyl (C=O) groups excluding carboxylic acids is 2. The van der Waals surface area contributed by atoms with E-state index >= 15 is 0 Å². The number of amides is 2. The van der Waals surface area contributed by atoms with Crippen LogP contribution in [0.15, 0.2) is 24.3 Å². The average Bonchev–Trinajstić information content (AvgIpc) is 2.39. The number of aryl methyl sites for hydroxylation is 1. The summed E-state index contributed by atoms with van der Waals surface area (Å²) in [6.07, 6.45) is -0.121. The van der Waals surface area contributed by atoms with Crippen molar-refractivity contribution in [3.8, 4) is 0 Å². The van der Waals surface area contributed by atoms with Gasteiger partial charge in [0.15, 0.2) is 0 Å². The Kier molecular flexibility index (Phi) is 5.90. The number of nitrogens with one attached hydrogen (secondary N) is 2. The number of benzene rings is 1. The van der Waals surface area contributed by atoms with Crippen molar-refractivity contribution in [1.82, 2.24) is 5.32 Å². The Morgan fingerprint density at radius 3 is 2.38 bits per heavy atom. The first-order chi connectivity index (χ1) is 9.71. The van der Waals surface area contributed by atoms with Crippen LogP contribution in [0.1, 0.15) is 32.8 Å². The Morgan fingerprint density at radius 1 is 1.19 bits per heavy atom. The number of aliphatic hydroxyl groups is 1. The molecule has 1 atom stereocenters. The third-order valence-electron chi connectivity index (χ3n) is 3.30. The summed E-state index contributed by atoms with van der Waals surface area (Å²) in [5, 5.41) is 14.9. The van der Waals surface area contributed by atoms with Crippen LogP contribution in [0.5, 0.6) is 0 Å². The van der Waals surface area contributed by atoms with Gasteiger partial charge in [0, 0.05) is 12.2 Å². The summed E-state index contributed by atoms with van der Waals surface area (Å²) in [6.45, 7) is 7.88. The van der Waals surface area contributed by atoms with Gasteiger partial charge in [0.05, 0.1) is 6.10 Å². The third-order valence-corrected chi connectivity index (χ3v) is 3.30. The van der Waals surface area contributed by atoms with E-state index in [1.165, 1.54) is 0 Å². The van der Waals surface area contributed by atoms with E-state index in [9.17, 15) is 14.7 Å². The van der Waals surface area contributed by atoms with Crippen molar-refractivity contribution in [3.05, 3.63) is 29.8 Å². The predicted octanol–water partition coefficient (Wildman–Crippen LogP) is 1.85. The van der Waals surface area contributed by atoms with E-state index in [1.54, 1.807) is 12.1 Å². The lowest BCUT2D eigenvalue weighted by atomic mass is 9.87. The highest BCUT2D eigenvalue weighted by Gasteiger charge is 2.22. The predicted molar refractivity (Wildman–Crippen MR) is 82.9 cm³/mol. The number of rotatable bonds is 4. The molecule has 1 unspecified atom stereocenters. The lowest BCUT2D eigenvalue weighted by molar-refractivity contribution is -0.136. The van der Waals surface area contributed by atoms with Crippen LogP contribution in [0, 0.1) is 12.3 Å². The van der Waals surface area contributed by atoms with Crippen molar-refractivity contribution in [2.45, 2.75) is 40.2 Å². The van der Waals surface area contributed by atoms with Gasteiger partial charge < -0.3 is 15.7 Å². The zero-order chi connectivity index (χ0) is 16.0. The fourth-order valence-corrected chi connectivity index (χ4v) is 1.73. The molecule has 1 rings (SSSR count). The molecule has 0 spiro atoms. The fourth-order valence-electron chi connectivity index (χ4n) is 1.73. The summed E-state index contributed by atoms with van der Waals surface area (Å²) in [5.74, 6) is -1.39. The Bertz CT molecular complexity index is 506. The van der Waals surface area contributed by atoms with Crippen LogP contribution in [0.3, 0.4) is 0 Å². The van der Waals surface area contributed by atoms with E-state index in [0.29, 0.717) is 12.1 Å². The van der Waals surface area contributed by atoms with E-state index in [-0.39, 0.29) is 12.0 Å². The van der Waals surface area contributed by atoms with Crippen molar-refractivity contribution in [3.63, 3.8) is 0 Å². The van der Waals surface area contributed by atoms with E-state index < -0.39 is 17.9 Å². The van der Waals surface area contributed by atoms with E-state index in [1.807, 2.05) is 39.8 Å². The van der Waals surface area contributed by atoms with Crippen molar-refractivity contribution in [2.24, 2.45) is 5.41 Å². The maximum absolute atomic E-state index is 11.8. The van der Waals surface area contributed by atoms with Gasteiger partial charge in [0.1, 0.15) is 0 Å². The van der Waals surface area contributed by atoms with Gasteiger partial charge in [-0.1, -0.05) is 39.0 Å². The van der Waals surface area contributed by atoms with Crippen LogP contribution < -0.4 is 10.6 Å². The van der Waals surface area contributed by atoms with Gasteiger partial charge in [-0.25, -0.2) is 0 Å². The first kappa shape index (κ1) is 17.2. The quantitative estimate of drug-likeness (QED) is 0.741. The summed E-state index contributed by atoms with van der Waals surface area (Å²) >= 11 is 0. The van der Waals surface area contributed by atoms with Crippen molar-refractivity contribution in [2.75, 3.05) is 11.9 Å². The first-order valence-electron chi connectivity index (χ1n) is 7.04. The van der Waals surface area contributed by atoms with Gasteiger partial charge in [-0.2, -0.15) is 0 Å². The van der Waals surface area contributed by atoms with Gasteiger partial charge in [0.25, 0.3) is 0 Å². The Labute approximate surface area is 125 Å². The van der Waals surface area contributed by atoms with E-state index in [4.69, 9.17) is 0 Å². The van der Waals surface area contributed by atoms with Crippen LogP contribution in [-0.4, -0.2) is 29.6 Å². The molecular formula is C16H24N2O3. The molecule has 3 N–H and O–H groups in total. The van der Waals surface area contributed by atoms with Crippen LogP contribution in [0.2, 0.25) is 0 Å². The number of hydrogen-bond donors (Lipinski definition) is 3. The SMILES string of the molecule is Cc1ccccc1NC(=O)C(=O)NCCC(O)C(C)(C)C. The fraction of sp³-hybridized carbons (Fsp3) is 0.500. The topological polar surface area (TPSA) is 78.4 Å². The number of anilines is 1. The highest BCUT2D eigenvalue weighted by Crippen LogP contribution is 2.20. The summed E-state index contributed by atoms with van der Waals surface area (Å²) < 4.78 is 0. The summed E-state index contributed by atoms with van der Waals surface area (Å²) in [6, 6.07) is 7.25. The smallest absolute Gasteiger partial charge is 0.313 e. The van der Waals surface area contributed by atoms with Crippen molar-refractivity contribution < 1.29 is 14.7 Å². The number of carbonyl (C=O) groups is 2. The lowest BCUT2D eigenvalue weighted by Crippen LogP contribution is -2.38. The molecular weight excluding hydrogens is 268 g/mol. The largest absolute Gasteiger partial charge is 0.393 e. The average molecular weight is 292 g/mol. The molecule has 0 saturated carbocycles. The molecule has 0 aromatic heterocycles. The second-order valence-corrected chi connectivity index (χ2v) is 6.20. The second kappa shape index (κ2) is 7.22. The maximum atomic E-state index is 11.8. The molecule has 5 nitrogen and oxygen atoms in total. The Balaban J connectivity index is 2.42.